The Morgan fingerprint density at radius 1 is 1.44 bits per heavy atom. The lowest BCUT2D eigenvalue weighted by molar-refractivity contribution is -0.121. The van der Waals surface area contributed by atoms with Crippen molar-refractivity contribution in [3.05, 3.63) is 35.9 Å². The van der Waals surface area contributed by atoms with Crippen LogP contribution in [0.2, 0.25) is 0 Å². The number of carbonyl (C=O) groups is 1. The molecule has 0 radical (unpaired) electrons. The zero-order chi connectivity index (χ0) is 11.8. The van der Waals surface area contributed by atoms with E-state index in [9.17, 15) is 4.79 Å². The van der Waals surface area contributed by atoms with E-state index in [1.807, 2.05) is 37.3 Å². The average Bonchev–Trinajstić information content (AvgIpc) is 2.34. The van der Waals surface area contributed by atoms with Crippen LogP contribution in [-0.2, 0) is 11.2 Å². The van der Waals surface area contributed by atoms with Crippen LogP contribution in [-0.4, -0.2) is 11.9 Å². The molecule has 1 atom stereocenters. The summed E-state index contributed by atoms with van der Waals surface area (Å²) >= 11 is 0. The molecule has 0 heterocycles. The number of aryl methyl sites for hydroxylation is 1. The minimum Gasteiger partial charge on any atom is -0.342 e. The molecule has 1 aromatic carbocycles. The van der Waals surface area contributed by atoms with Crippen LogP contribution >= 0.6 is 0 Å². The van der Waals surface area contributed by atoms with Crippen molar-refractivity contribution in [2.75, 3.05) is 0 Å². The molecule has 0 aliphatic rings. The number of benzene rings is 1. The van der Waals surface area contributed by atoms with Crippen molar-refractivity contribution >= 4 is 5.91 Å². The molecule has 1 rings (SSSR count). The molecular formula is C14H17NO. The maximum atomic E-state index is 11.5. The minimum atomic E-state index is -0.136. The Balaban J connectivity index is 2.34. The van der Waals surface area contributed by atoms with Gasteiger partial charge in [-0.15, -0.1) is 6.42 Å². The molecule has 1 aromatic rings. The molecule has 0 fully saturated rings. The molecule has 0 aliphatic carbocycles. The van der Waals surface area contributed by atoms with Crippen molar-refractivity contribution in [2.24, 2.45) is 0 Å². The summed E-state index contributed by atoms with van der Waals surface area (Å²) in [6, 6.07) is 9.82. The molecule has 0 saturated carbocycles. The van der Waals surface area contributed by atoms with Gasteiger partial charge in [0, 0.05) is 6.42 Å². The van der Waals surface area contributed by atoms with Crippen LogP contribution in [0.5, 0.6) is 0 Å². The molecule has 2 heteroatoms. The quantitative estimate of drug-likeness (QED) is 0.749. The van der Waals surface area contributed by atoms with E-state index in [1.165, 1.54) is 5.56 Å². The molecule has 0 aliphatic heterocycles. The van der Waals surface area contributed by atoms with E-state index in [0.29, 0.717) is 6.42 Å². The van der Waals surface area contributed by atoms with Crippen molar-refractivity contribution in [3.8, 4) is 12.3 Å². The normalized spacial score (nSPS) is 11.5. The third-order valence-corrected chi connectivity index (χ3v) is 2.43. The van der Waals surface area contributed by atoms with Crippen LogP contribution in [0.1, 0.15) is 25.3 Å². The number of terminal acetylenes is 1. The van der Waals surface area contributed by atoms with Crippen LogP contribution < -0.4 is 5.32 Å². The van der Waals surface area contributed by atoms with Gasteiger partial charge in [-0.1, -0.05) is 43.2 Å². The lowest BCUT2D eigenvalue weighted by Crippen LogP contribution is -2.33. The van der Waals surface area contributed by atoms with Crippen LogP contribution in [0.15, 0.2) is 30.3 Å². The largest absolute Gasteiger partial charge is 0.342 e. The number of hydrogen-bond donors (Lipinski definition) is 1. The Labute approximate surface area is 97.1 Å². The molecule has 1 unspecified atom stereocenters. The molecule has 0 bridgehead atoms. The SMILES string of the molecule is C#CC(CC)NC(=O)CCc1ccccc1. The number of nitrogens with one attached hydrogen (secondary N) is 1. The predicted molar refractivity (Wildman–Crippen MR) is 65.8 cm³/mol. The highest BCUT2D eigenvalue weighted by molar-refractivity contribution is 5.76. The van der Waals surface area contributed by atoms with Gasteiger partial charge in [0.2, 0.25) is 5.91 Å². The molecule has 1 N–H and O–H groups in total. The van der Waals surface area contributed by atoms with Gasteiger partial charge in [0.15, 0.2) is 0 Å². The first kappa shape index (κ1) is 12.3. The fourth-order valence-electron chi connectivity index (χ4n) is 1.43. The lowest BCUT2D eigenvalue weighted by atomic mass is 10.1. The van der Waals surface area contributed by atoms with Crippen LogP contribution in [0.25, 0.3) is 0 Å². The van der Waals surface area contributed by atoms with Crippen molar-refractivity contribution in [1.29, 1.82) is 0 Å². The van der Waals surface area contributed by atoms with Crippen LogP contribution in [0.3, 0.4) is 0 Å². The van der Waals surface area contributed by atoms with Gasteiger partial charge < -0.3 is 5.32 Å². The average molecular weight is 215 g/mol. The van der Waals surface area contributed by atoms with E-state index in [4.69, 9.17) is 6.42 Å². The van der Waals surface area contributed by atoms with Crippen molar-refractivity contribution < 1.29 is 4.79 Å². The van der Waals surface area contributed by atoms with Crippen LogP contribution in [0.4, 0.5) is 0 Å². The second kappa shape index (κ2) is 6.68. The number of hydrogen-bond acceptors (Lipinski definition) is 1. The van der Waals surface area contributed by atoms with Crippen molar-refractivity contribution in [1.82, 2.24) is 5.32 Å². The summed E-state index contributed by atoms with van der Waals surface area (Å²) in [6.45, 7) is 1.96. The van der Waals surface area contributed by atoms with E-state index >= 15 is 0 Å². The maximum Gasteiger partial charge on any atom is 0.221 e. The maximum absolute atomic E-state index is 11.5. The molecule has 1 amide bonds. The Bertz CT molecular complexity index is 364. The first-order valence-electron chi connectivity index (χ1n) is 5.55. The Kier molecular flexibility index (Phi) is 5.15. The van der Waals surface area contributed by atoms with E-state index < -0.39 is 0 Å². The van der Waals surface area contributed by atoms with E-state index in [0.717, 1.165) is 12.8 Å². The first-order chi connectivity index (χ1) is 7.76. The second-order valence-electron chi connectivity index (χ2n) is 3.68. The highest BCUT2D eigenvalue weighted by atomic mass is 16.1. The monoisotopic (exact) mass is 215 g/mol. The number of carbonyl (C=O) groups excluding carboxylic acids is 1. The van der Waals surface area contributed by atoms with E-state index in [-0.39, 0.29) is 11.9 Å². The van der Waals surface area contributed by atoms with Crippen molar-refractivity contribution in [3.63, 3.8) is 0 Å². The zero-order valence-corrected chi connectivity index (χ0v) is 9.57. The smallest absolute Gasteiger partial charge is 0.221 e. The third kappa shape index (κ3) is 4.18. The summed E-state index contributed by atoms with van der Waals surface area (Å²) in [5.41, 5.74) is 1.17. The summed E-state index contributed by atoms with van der Waals surface area (Å²) in [5, 5.41) is 2.81. The van der Waals surface area contributed by atoms with E-state index in [1.54, 1.807) is 0 Å². The summed E-state index contributed by atoms with van der Waals surface area (Å²) < 4.78 is 0. The summed E-state index contributed by atoms with van der Waals surface area (Å²) in [6.07, 6.45) is 7.29. The molecule has 0 saturated heterocycles. The van der Waals surface area contributed by atoms with Gasteiger partial charge in [0.1, 0.15) is 0 Å². The Morgan fingerprint density at radius 2 is 2.12 bits per heavy atom. The standard InChI is InChI=1S/C14H17NO/c1-3-13(4-2)15-14(16)11-10-12-8-6-5-7-9-12/h1,5-9,13H,4,10-11H2,2H3,(H,15,16). The zero-order valence-electron chi connectivity index (χ0n) is 9.57. The molecule has 84 valence electrons. The van der Waals surface area contributed by atoms with E-state index in [2.05, 4.69) is 11.2 Å². The number of rotatable bonds is 5. The fourth-order valence-corrected chi connectivity index (χ4v) is 1.43. The molecule has 0 spiro atoms. The Hall–Kier alpha value is -1.75. The third-order valence-electron chi connectivity index (χ3n) is 2.43. The van der Waals surface area contributed by atoms with Gasteiger partial charge in [-0.2, -0.15) is 0 Å². The fraction of sp³-hybridized carbons (Fsp3) is 0.357. The molecule has 0 aromatic heterocycles. The van der Waals surface area contributed by atoms with Gasteiger partial charge in [0.25, 0.3) is 0 Å². The lowest BCUT2D eigenvalue weighted by Gasteiger charge is -2.10. The van der Waals surface area contributed by atoms with Crippen LogP contribution in [0, 0.1) is 12.3 Å². The minimum absolute atomic E-state index is 0.0219. The molecule has 16 heavy (non-hydrogen) atoms. The second-order valence-corrected chi connectivity index (χ2v) is 3.68. The van der Waals surface area contributed by atoms with Gasteiger partial charge >= 0.3 is 0 Å². The van der Waals surface area contributed by atoms with Gasteiger partial charge in [-0.05, 0) is 18.4 Å². The number of amides is 1. The predicted octanol–water partition coefficient (Wildman–Crippen LogP) is 2.15. The highest BCUT2D eigenvalue weighted by Gasteiger charge is 2.06. The highest BCUT2D eigenvalue weighted by Crippen LogP contribution is 2.02. The summed E-state index contributed by atoms with van der Waals surface area (Å²) in [7, 11) is 0. The summed E-state index contributed by atoms with van der Waals surface area (Å²) in [4.78, 5) is 11.5. The Morgan fingerprint density at radius 3 is 2.69 bits per heavy atom. The van der Waals surface area contributed by atoms with Gasteiger partial charge in [0.05, 0.1) is 6.04 Å². The summed E-state index contributed by atoms with van der Waals surface area (Å²) in [5.74, 6) is 2.57. The van der Waals surface area contributed by atoms with Gasteiger partial charge in [-0.25, -0.2) is 0 Å². The molecule has 2 nitrogen and oxygen atoms in total. The molecular weight excluding hydrogens is 198 g/mol. The van der Waals surface area contributed by atoms with Gasteiger partial charge in [-0.3, -0.25) is 4.79 Å². The topological polar surface area (TPSA) is 29.1 Å². The first-order valence-corrected chi connectivity index (χ1v) is 5.55. The van der Waals surface area contributed by atoms with Crippen molar-refractivity contribution in [2.45, 2.75) is 32.2 Å².